The van der Waals surface area contributed by atoms with E-state index in [1.807, 2.05) is 37.0 Å². The summed E-state index contributed by atoms with van der Waals surface area (Å²) in [6.07, 6.45) is 3.95. The van der Waals surface area contributed by atoms with Crippen molar-refractivity contribution in [2.24, 2.45) is 0 Å². The number of rotatable bonds is 5. The van der Waals surface area contributed by atoms with Crippen molar-refractivity contribution >= 4 is 5.82 Å². The molecule has 0 aliphatic carbocycles. The summed E-state index contributed by atoms with van der Waals surface area (Å²) in [5.74, 6) is 1.63. The van der Waals surface area contributed by atoms with Gasteiger partial charge in [-0.1, -0.05) is 5.16 Å². The predicted molar refractivity (Wildman–Crippen MR) is 84.1 cm³/mol. The van der Waals surface area contributed by atoms with E-state index in [9.17, 15) is 0 Å². The number of nitrogens with zero attached hydrogens (tertiary/aromatic N) is 3. The fourth-order valence-corrected chi connectivity index (χ4v) is 2.71. The Morgan fingerprint density at radius 1 is 1.35 bits per heavy atom. The van der Waals surface area contributed by atoms with Crippen molar-refractivity contribution in [1.82, 2.24) is 19.9 Å². The molecule has 7 nitrogen and oxygen atoms in total. The van der Waals surface area contributed by atoms with Crippen LogP contribution < -0.4 is 5.32 Å². The van der Waals surface area contributed by atoms with Gasteiger partial charge in [0.15, 0.2) is 6.23 Å². The fraction of sp³-hybridized carbons (Fsp3) is 0.375. The molecular weight excluding hydrogens is 294 g/mol. The second-order valence-corrected chi connectivity index (χ2v) is 5.96. The first kappa shape index (κ1) is 14.1. The standard InChI is InChI=1S/C16H19N5O2/c1-9-6-13(17-7-9)15-16(22-15)18-14-4-5-21(19-14)8-12-10(2)20-23-11(12)3/h4-7,15-17H,8H2,1-3H3,(H,18,19). The molecule has 0 radical (unpaired) electrons. The monoisotopic (exact) mass is 313 g/mol. The van der Waals surface area contributed by atoms with Gasteiger partial charge < -0.3 is 19.6 Å². The summed E-state index contributed by atoms with van der Waals surface area (Å²) in [4.78, 5) is 3.22. The molecule has 0 saturated carbocycles. The first-order valence-corrected chi connectivity index (χ1v) is 7.62. The molecule has 0 spiro atoms. The number of aromatic nitrogens is 4. The lowest BCUT2D eigenvalue weighted by atomic mass is 10.2. The highest BCUT2D eigenvalue weighted by molar-refractivity contribution is 5.36. The van der Waals surface area contributed by atoms with E-state index in [0.29, 0.717) is 6.54 Å². The average Bonchev–Trinajstić information content (AvgIpc) is 2.84. The van der Waals surface area contributed by atoms with Crippen molar-refractivity contribution in [2.45, 2.75) is 39.6 Å². The van der Waals surface area contributed by atoms with Crippen molar-refractivity contribution in [1.29, 1.82) is 0 Å². The van der Waals surface area contributed by atoms with Crippen molar-refractivity contribution in [2.75, 3.05) is 5.32 Å². The Morgan fingerprint density at radius 3 is 2.91 bits per heavy atom. The number of nitrogens with one attached hydrogen (secondary N) is 2. The van der Waals surface area contributed by atoms with Crippen LogP contribution in [0, 0.1) is 20.8 Å². The maximum absolute atomic E-state index is 5.66. The third-order valence-corrected chi connectivity index (χ3v) is 4.08. The number of epoxide rings is 1. The Morgan fingerprint density at radius 2 is 2.22 bits per heavy atom. The third kappa shape index (κ3) is 2.75. The molecule has 7 heteroatoms. The van der Waals surface area contributed by atoms with Crippen LogP contribution in [0.3, 0.4) is 0 Å². The van der Waals surface area contributed by atoms with Crippen LogP contribution in [0.4, 0.5) is 5.82 Å². The third-order valence-electron chi connectivity index (χ3n) is 4.08. The van der Waals surface area contributed by atoms with Crippen molar-refractivity contribution in [3.63, 3.8) is 0 Å². The summed E-state index contributed by atoms with van der Waals surface area (Å²) >= 11 is 0. The molecule has 1 saturated heterocycles. The van der Waals surface area contributed by atoms with Crippen molar-refractivity contribution in [3.8, 4) is 0 Å². The van der Waals surface area contributed by atoms with Gasteiger partial charge in [-0.3, -0.25) is 4.68 Å². The highest BCUT2D eigenvalue weighted by Gasteiger charge is 2.41. The lowest BCUT2D eigenvalue weighted by Gasteiger charge is -2.01. The highest BCUT2D eigenvalue weighted by atomic mass is 16.6. The first-order chi connectivity index (χ1) is 11.1. The van der Waals surface area contributed by atoms with Crippen molar-refractivity contribution < 1.29 is 9.26 Å². The number of ether oxygens (including phenoxy) is 1. The van der Waals surface area contributed by atoms with Crippen LogP contribution in [-0.4, -0.2) is 26.1 Å². The van der Waals surface area contributed by atoms with Crippen LogP contribution in [0.25, 0.3) is 0 Å². The summed E-state index contributed by atoms with van der Waals surface area (Å²) in [6, 6.07) is 4.04. The van der Waals surface area contributed by atoms with Crippen molar-refractivity contribution in [3.05, 3.63) is 52.8 Å². The molecule has 1 fully saturated rings. The van der Waals surface area contributed by atoms with Gasteiger partial charge in [0.25, 0.3) is 0 Å². The molecule has 1 aliphatic rings. The van der Waals surface area contributed by atoms with Crippen LogP contribution in [-0.2, 0) is 11.3 Å². The topological polar surface area (TPSA) is 84.2 Å². The Kier molecular flexibility index (Phi) is 3.23. The minimum atomic E-state index is -0.0320. The SMILES string of the molecule is Cc1c[nH]c(C2OC2Nc2ccn(Cc3c(C)noc3C)n2)c1. The molecule has 1 aliphatic heterocycles. The van der Waals surface area contributed by atoms with Gasteiger partial charge in [-0.05, 0) is 32.4 Å². The summed E-state index contributed by atoms with van der Waals surface area (Å²) in [5.41, 5.74) is 4.27. The minimum Gasteiger partial charge on any atom is -0.362 e. The molecule has 0 amide bonds. The number of aryl methyl sites for hydroxylation is 3. The smallest absolute Gasteiger partial charge is 0.162 e. The Balaban J connectivity index is 1.39. The molecule has 2 unspecified atom stereocenters. The molecule has 120 valence electrons. The lowest BCUT2D eigenvalue weighted by Crippen LogP contribution is -2.07. The number of aromatic amines is 1. The van der Waals surface area contributed by atoms with Crippen LogP contribution in [0.1, 0.15) is 34.4 Å². The first-order valence-electron chi connectivity index (χ1n) is 7.62. The highest BCUT2D eigenvalue weighted by Crippen LogP contribution is 2.38. The quantitative estimate of drug-likeness (QED) is 0.707. The van der Waals surface area contributed by atoms with E-state index in [4.69, 9.17) is 9.26 Å². The Labute approximate surface area is 133 Å². The molecular formula is C16H19N5O2. The number of hydrogen-bond donors (Lipinski definition) is 2. The molecule has 2 N–H and O–H groups in total. The van der Waals surface area contributed by atoms with Crippen LogP contribution in [0.5, 0.6) is 0 Å². The van der Waals surface area contributed by atoms with Gasteiger partial charge >= 0.3 is 0 Å². The largest absolute Gasteiger partial charge is 0.362 e. The minimum absolute atomic E-state index is 0.0320. The molecule has 4 rings (SSSR count). The van der Waals surface area contributed by atoms with Gasteiger partial charge in [0.05, 0.1) is 12.2 Å². The Hall–Kier alpha value is -2.54. The van der Waals surface area contributed by atoms with Gasteiger partial charge in [-0.15, -0.1) is 0 Å². The summed E-state index contributed by atoms with van der Waals surface area (Å²) in [7, 11) is 0. The maximum atomic E-state index is 5.66. The zero-order valence-electron chi connectivity index (χ0n) is 13.3. The molecule has 0 bridgehead atoms. The fourth-order valence-electron chi connectivity index (χ4n) is 2.71. The molecule has 3 aromatic rings. The van der Waals surface area contributed by atoms with E-state index < -0.39 is 0 Å². The van der Waals surface area contributed by atoms with Crippen LogP contribution >= 0.6 is 0 Å². The number of anilines is 1. The van der Waals surface area contributed by atoms with E-state index in [2.05, 4.69) is 33.5 Å². The Bertz CT molecular complexity index is 812. The van der Waals surface area contributed by atoms with Gasteiger partial charge in [0, 0.05) is 29.7 Å². The van der Waals surface area contributed by atoms with Gasteiger partial charge in [-0.25, -0.2) is 0 Å². The average molecular weight is 313 g/mol. The molecule has 3 aromatic heterocycles. The van der Waals surface area contributed by atoms with E-state index >= 15 is 0 Å². The van der Waals surface area contributed by atoms with Gasteiger partial charge in [-0.2, -0.15) is 5.10 Å². The summed E-state index contributed by atoms with van der Waals surface area (Å²) < 4.78 is 12.7. The van der Waals surface area contributed by atoms with E-state index in [1.165, 1.54) is 5.56 Å². The summed E-state index contributed by atoms with van der Waals surface area (Å²) in [5, 5.41) is 11.8. The molecule has 4 heterocycles. The number of hydrogen-bond acceptors (Lipinski definition) is 5. The second-order valence-electron chi connectivity index (χ2n) is 5.96. The van der Waals surface area contributed by atoms with E-state index in [1.54, 1.807) is 0 Å². The maximum Gasteiger partial charge on any atom is 0.162 e. The van der Waals surface area contributed by atoms with Crippen LogP contribution in [0.2, 0.25) is 0 Å². The lowest BCUT2D eigenvalue weighted by molar-refractivity contribution is 0.383. The zero-order valence-corrected chi connectivity index (χ0v) is 13.3. The molecule has 23 heavy (non-hydrogen) atoms. The van der Waals surface area contributed by atoms with E-state index in [0.717, 1.165) is 28.5 Å². The predicted octanol–water partition coefficient (Wildman–Crippen LogP) is 2.68. The number of H-pyrrole nitrogens is 1. The molecule has 2 atom stereocenters. The molecule has 0 aromatic carbocycles. The van der Waals surface area contributed by atoms with Gasteiger partial charge in [0.1, 0.15) is 17.7 Å². The van der Waals surface area contributed by atoms with Crippen LogP contribution in [0.15, 0.2) is 29.0 Å². The normalized spacial score (nSPS) is 20.0. The van der Waals surface area contributed by atoms with Gasteiger partial charge in [0.2, 0.25) is 0 Å². The van der Waals surface area contributed by atoms with E-state index in [-0.39, 0.29) is 12.3 Å². The zero-order chi connectivity index (χ0) is 16.0. The second kappa shape index (κ2) is 5.27. The summed E-state index contributed by atoms with van der Waals surface area (Å²) in [6.45, 7) is 6.56.